The number of aliphatic hydroxyl groups is 1. The predicted molar refractivity (Wildman–Crippen MR) is 94.8 cm³/mol. The second-order valence-electron chi connectivity index (χ2n) is 5.12. The Balaban J connectivity index is 1.67. The van der Waals surface area contributed by atoms with Gasteiger partial charge in [-0.25, -0.2) is 13.1 Å². The van der Waals surface area contributed by atoms with Crippen molar-refractivity contribution in [2.75, 3.05) is 0 Å². The van der Waals surface area contributed by atoms with Crippen LogP contribution in [0.2, 0.25) is 0 Å². The lowest BCUT2D eigenvalue weighted by molar-refractivity contribution is 0.193. The van der Waals surface area contributed by atoms with E-state index in [1.165, 1.54) is 28.9 Å². The molecule has 0 aromatic carbocycles. The molecule has 24 heavy (non-hydrogen) atoms. The molecule has 0 spiro atoms. The van der Waals surface area contributed by atoms with Crippen LogP contribution in [0.25, 0.3) is 0 Å². The van der Waals surface area contributed by atoms with Gasteiger partial charge < -0.3 is 9.52 Å². The SMILES string of the molecule is CCc1ccc(S(=O)(=O)NCc2ccc([C@@H](O)c3ccco3)s2)s1. The first kappa shape index (κ1) is 17.4. The molecule has 0 aliphatic rings. The molecule has 3 aromatic heterocycles. The highest BCUT2D eigenvalue weighted by atomic mass is 32.2. The largest absolute Gasteiger partial charge is 0.466 e. The van der Waals surface area contributed by atoms with Gasteiger partial charge in [0, 0.05) is 21.2 Å². The topological polar surface area (TPSA) is 79.5 Å². The molecule has 3 aromatic rings. The summed E-state index contributed by atoms with van der Waals surface area (Å²) in [4.78, 5) is 2.57. The van der Waals surface area contributed by atoms with Crippen LogP contribution in [-0.2, 0) is 23.0 Å². The van der Waals surface area contributed by atoms with Crippen molar-refractivity contribution in [2.45, 2.75) is 30.2 Å². The fourth-order valence-electron chi connectivity index (χ4n) is 2.15. The minimum Gasteiger partial charge on any atom is -0.466 e. The standard InChI is InChI=1S/C16H17NO4S3/c1-2-11-6-8-15(23-11)24(19,20)17-10-12-5-7-14(22-12)16(18)13-4-3-9-21-13/h3-9,16-18H,2,10H2,1H3/t16-/m0/s1. The van der Waals surface area contributed by atoms with Crippen molar-refractivity contribution in [3.8, 4) is 0 Å². The Hall–Kier alpha value is -1.45. The summed E-state index contributed by atoms with van der Waals surface area (Å²) in [6.07, 6.45) is 1.49. The van der Waals surface area contributed by atoms with E-state index in [-0.39, 0.29) is 6.54 Å². The van der Waals surface area contributed by atoms with Gasteiger partial charge in [0.2, 0.25) is 10.0 Å². The highest BCUT2D eigenvalue weighted by Gasteiger charge is 2.18. The zero-order valence-corrected chi connectivity index (χ0v) is 15.4. The predicted octanol–water partition coefficient (Wildman–Crippen LogP) is 3.53. The molecule has 0 bridgehead atoms. The van der Waals surface area contributed by atoms with Crippen LogP contribution in [0, 0.1) is 0 Å². The first-order valence-corrected chi connectivity index (χ1v) is 10.5. The molecular weight excluding hydrogens is 366 g/mol. The number of aryl methyl sites for hydroxylation is 1. The average molecular weight is 384 g/mol. The smallest absolute Gasteiger partial charge is 0.250 e. The summed E-state index contributed by atoms with van der Waals surface area (Å²) in [6.45, 7) is 2.18. The van der Waals surface area contributed by atoms with Crippen LogP contribution in [-0.4, -0.2) is 13.5 Å². The van der Waals surface area contributed by atoms with Crippen molar-refractivity contribution in [3.05, 3.63) is 63.1 Å². The third-order valence-corrected chi connectivity index (χ3v) is 7.71. The summed E-state index contributed by atoms with van der Waals surface area (Å²) < 4.78 is 32.7. The van der Waals surface area contributed by atoms with Crippen LogP contribution in [0.15, 0.2) is 51.3 Å². The van der Waals surface area contributed by atoms with Crippen molar-refractivity contribution in [1.82, 2.24) is 4.72 Å². The monoisotopic (exact) mass is 383 g/mol. The molecule has 0 aliphatic carbocycles. The molecule has 2 N–H and O–H groups in total. The zero-order chi connectivity index (χ0) is 17.2. The minimum atomic E-state index is -3.51. The van der Waals surface area contributed by atoms with Gasteiger partial charge in [0.25, 0.3) is 0 Å². The van der Waals surface area contributed by atoms with E-state index in [0.717, 1.165) is 16.2 Å². The third-order valence-electron chi connectivity index (χ3n) is 3.45. The summed E-state index contributed by atoms with van der Waals surface area (Å²) in [6, 6.07) is 10.5. The average Bonchev–Trinajstić information content (AvgIpc) is 3.33. The minimum absolute atomic E-state index is 0.192. The van der Waals surface area contributed by atoms with Crippen molar-refractivity contribution in [2.24, 2.45) is 0 Å². The Bertz CT molecular complexity index is 894. The van der Waals surface area contributed by atoms with E-state index >= 15 is 0 Å². The Morgan fingerprint density at radius 3 is 2.62 bits per heavy atom. The molecule has 0 saturated heterocycles. The van der Waals surface area contributed by atoms with E-state index in [2.05, 4.69) is 4.72 Å². The van der Waals surface area contributed by atoms with E-state index in [1.807, 2.05) is 13.0 Å². The molecule has 0 amide bonds. The van der Waals surface area contributed by atoms with Crippen molar-refractivity contribution in [1.29, 1.82) is 0 Å². The van der Waals surface area contributed by atoms with Crippen LogP contribution in [0.4, 0.5) is 0 Å². The van der Waals surface area contributed by atoms with Crippen LogP contribution >= 0.6 is 22.7 Å². The van der Waals surface area contributed by atoms with Gasteiger partial charge in [-0.3, -0.25) is 0 Å². The van der Waals surface area contributed by atoms with Crippen LogP contribution in [0.3, 0.4) is 0 Å². The van der Waals surface area contributed by atoms with Gasteiger partial charge in [-0.15, -0.1) is 22.7 Å². The van der Waals surface area contributed by atoms with E-state index in [1.54, 1.807) is 30.3 Å². The summed E-state index contributed by atoms with van der Waals surface area (Å²) in [5, 5.41) is 10.2. The van der Waals surface area contributed by atoms with Gasteiger partial charge >= 0.3 is 0 Å². The van der Waals surface area contributed by atoms with Gasteiger partial charge in [-0.2, -0.15) is 0 Å². The van der Waals surface area contributed by atoms with E-state index in [9.17, 15) is 13.5 Å². The lowest BCUT2D eigenvalue weighted by Gasteiger charge is -2.05. The summed E-state index contributed by atoms with van der Waals surface area (Å²) in [5.41, 5.74) is 0. The summed E-state index contributed by atoms with van der Waals surface area (Å²) in [5.74, 6) is 0.467. The first-order chi connectivity index (χ1) is 11.5. The highest BCUT2D eigenvalue weighted by molar-refractivity contribution is 7.91. The Labute approximate surface area is 148 Å². The molecule has 3 rings (SSSR count). The Kier molecular flexibility index (Phi) is 5.21. The Morgan fingerprint density at radius 2 is 1.96 bits per heavy atom. The molecule has 0 unspecified atom stereocenters. The highest BCUT2D eigenvalue weighted by Crippen LogP contribution is 2.29. The maximum atomic E-state index is 12.3. The van der Waals surface area contributed by atoms with Gasteiger partial charge in [0.15, 0.2) is 0 Å². The van der Waals surface area contributed by atoms with Gasteiger partial charge in [-0.1, -0.05) is 6.92 Å². The number of sulfonamides is 1. The summed E-state index contributed by atoms with van der Waals surface area (Å²) in [7, 11) is -3.51. The van der Waals surface area contributed by atoms with Crippen molar-refractivity contribution in [3.63, 3.8) is 0 Å². The fourth-order valence-corrected chi connectivity index (χ4v) is 5.54. The van der Waals surface area contributed by atoms with Crippen molar-refractivity contribution >= 4 is 32.7 Å². The van der Waals surface area contributed by atoms with Gasteiger partial charge in [-0.05, 0) is 42.8 Å². The fraction of sp³-hybridized carbons (Fsp3) is 0.250. The number of hydrogen-bond donors (Lipinski definition) is 2. The summed E-state index contributed by atoms with van der Waals surface area (Å²) >= 11 is 2.64. The maximum Gasteiger partial charge on any atom is 0.250 e. The number of thiophene rings is 2. The molecule has 1 atom stereocenters. The lowest BCUT2D eigenvalue weighted by Crippen LogP contribution is -2.21. The van der Waals surface area contributed by atoms with Gasteiger partial charge in [0.05, 0.1) is 6.26 Å². The quantitative estimate of drug-likeness (QED) is 0.654. The molecule has 0 aliphatic heterocycles. The number of furan rings is 1. The first-order valence-electron chi connectivity index (χ1n) is 7.38. The molecule has 128 valence electrons. The number of aliphatic hydroxyl groups excluding tert-OH is 1. The van der Waals surface area contributed by atoms with Crippen LogP contribution in [0.1, 0.15) is 33.4 Å². The van der Waals surface area contributed by atoms with E-state index in [0.29, 0.717) is 14.8 Å². The third kappa shape index (κ3) is 3.79. The van der Waals surface area contributed by atoms with Gasteiger partial charge in [0.1, 0.15) is 16.1 Å². The maximum absolute atomic E-state index is 12.3. The molecule has 0 fully saturated rings. The van der Waals surface area contributed by atoms with Crippen LogP contribution < -0.4 is 4.72 Å². The molecule has 3 heterocycles. The molecule has 0 saturated carbocycles. The Morgan fingerprint density at radius 1 is 1.17 bits per heavy atom. The molecule has 5 nitrogen and oxygen atoms in total. The second-order valence-corrected chi connectivity index (χ2v) is 9.48. The van der Waals surface area contributed by atoms with E-state index in [4.69, 9.17) is 4.42 Å². The zero-order valence-electron chi connectivity index (χ0n) is 12.9. The number of rotatable bonds is 7. The van der Waals surface area contributed by atoms with Crippen LogP contribution in [0.5, 0.6) is 0 Å². The second kappa shape index (κ2) is 7.20. The normalized spacial score (nSPS) is 13.2. The molecule has 0 radical (unpaired) electrons. The number of hydrogen-bond acceptors (Lipinski definition) is 6. The van der Waals surface area contributed by atoms with Crippen molar-refractivity contribution < 1.29 is 17.9 Å². The molecular formula is C16H17NO4S3. The van der Waals surface area contributed by atoms with E-state index < -0.39 is 16.1 Å². The number of nitrogens with one attached hydrogen (secondary N) is 1. The molecule has 8 heteroatoms. The lowest BCUT2D eigenvalue weighted by atomic mass is 10.2.